The summed E-state index contributed by atoms with van der Waals surface area (Å²) < 4.78 is 68.4. The Kier molecular flexibility index (Phi) is 69.9. The molecule has 4 unspecified atom stereocenters. The molecular weight excluding hydrogens is 1310 g/mol. The molecule has 0 saturated heterocycles. The van der Waals surface area contributed by atoms with E-state index in [0.29, 0.717) is 25.7 Å². The first-order chi connectivity index (χ1) is 48.3. The summed E-state index contributed by atoms with van der Waals surface area (Å²) in [5.41, 5.74) is 0. The van der Waals surface area contributed by atoms with Gasteiger partial charge < -0.3 is 33.8 Å². The molecule has 0 aromatic heterocycles. The van der Waals surface area contributed by atoms with Crippen molar-refractivity contribution in [2.75, 3.05) is 39.6 Å². The van der Waals surface area contributed by atoms with E-state index in [-0.39, 0.29) is 25.7 Å². The number of phosphoric ester groups is 2. The van der Waals surface area contributed by atoms with Crippen LogP contribution in [0.25, 0.3) is 0 Å². The molecule has 0 saturated carbocycles. The average Bonchev–Trinajstić information content (AvgIpc) is 0.919. The maximum absolute atomic E-state index is 13.1. The summed E-state index contributed by atoms with van der Waals surface area (Å²) in [6, 6.07) is 0. The summed E-state index contributed by atoms with van der Waals surface area (Å²) in [6.07, 6.45) is 60.2. The molecule has 19 heteroatoms. The summed E-state index contributed by atoms with van der Waals surface area (Å²) in [4.78, 5) is 72.7. The number of hydrogen-bond acceptors (Lipinski definition) is 15. The zero-order valence-corrected chi connectivity index (χ0v) is 67.5. The normalized spacial score (nSPS) is 14.5. The van der Waals surface area contributed by atoms with Gasteiger partial charge in [0, 0.05) is 25.7 Å². The minimum atomic E-state index is -4.96. The molecular formula is C81H158O17P2. The van der Waals surface area contributed by atoms with Gasteiger partial charge in [0.05, 0.1) is 26.4 Å². The van der Waals surface area contributed by atoms with Crippen LogP contribution in [0.3, 0.4) is 0 Å². The van der Waals surface area contributed by atoms with Crippen LogP contribution in [0.5, 0.6) is 0 Å². The van der Waals surface area contributed by atoms with E-state index in [1.54, 1.807) is 0 Å². The lowest BCUT2D eigenvalue weighted by atomic mass is 9.99. The van der Waals surface area contributed by atoms with Gasteiger partial charge >= 0.3 is 39.5 Å². The minimum Gasteiger partial charge on any atom is -0.462 e. The summed E-state index contributed by atoms with van der Waals surface area (Å²) >= 11 is 0. The van der Waals surface area contributed by atoms with Gasteiger partial charge in [-0.3, -0.25) is 37.3 Å². The van der Waals surface area contributed by atoms with Gasteiger partial charge in [-0.05, 0) is 43.4 Å². The van der Waals surface area contributed by atoms with Crippen molar-refractivity contribution in [1.82, 2.24) is 0 Å². The molecule has 7 atom stereocenters. The smallest absolute Gasteiger partial charge is 0.462 e. The van der Waals surface area contributed by atoms with Gasteiger partial charge in [0.25, 0.3) is 0 Å². The Balaban J connectivity index is 5.11. The summed E-state index contributed by atoms with van der Waals surface area (Å²) in [6.45, 7) is 11.9. The highest BCUT2D eigenvalue weighted by Gasteiger charge is 2.30. The Labute approximate surface area is 613 Å². The van der Waals surface area contributed by atoms with E-state index >= 15 is 0 Å². The number of hydrogen-bond donors (Lipinski definition) is 3. The predicted molar refractivity (Wildman–Crippen MR) is 409 cm³/mol. The van der Waals surface area contributed by atoms with Crippen LogP contribution in [0.15, 0.2) is 0 Å². The number of carbonyl (C=O) groups is 4. The van der Waals surface area contributed by atoms with Crippen molar-refractivity contribution < 1.29 is 80.2 Å². The van der Waals surface area contributed by atoms with E-state index in [0.717, 1.165) is 114 Å². The third-order valence-electron chi connectivity index (χ3n) is 19.6. The second kappa shape index (κ2) is 71.3. The monoisotopic (exact) mass is 1470 g/mol. The lowest BCUT2D eigenvalue weighted by Crippen LogP contribution is -2.30. The second-order valence-corrected chi connectivity index (χ2v) is 33.0. The van der Waals surface area contributed by atoms with Crippen molar-refractivity contribution in [3.8, 4) is 0 Å². The molecule has 0 aliphatic carbocycles. The highest BCUT2D eigenvalue weighted by Crippen LogP contribution is 2.45. The Morgan fingerprint density at radius 2 is 0.510 bits per heavy atom. The first-order valence-corrected chi connectivity index (χ1v) is 44.9. The zero-order chi connectivity index (χ0) is 73.7. The van der Waals surface area contributed by atoms with Crippen molar-refractivity contribution in [3.63, 3.8) is 0 Å². The maximum Gasteiger partial charge on any atom is 0.472 e. The number of carbonyl (C=O) groups excluding carboxylic acids is 4. The molecule has 0 aromatic rings. The van der Waals surface area contributed by atoms with Crippen LogP contribution in [-0.4, -0.2) is 96.7 Å². The number of aliphatic hydroxyl groups is 1. The van der Waals surface area contributed by atoms with Crippen LogP contribution in [-0.2, 0) is 65.4 Å². The number of aliphatic hydroxyl groups excluding tert-OH is 1. The molecule has 0 radical (unpaired) electrons. The van der Waals surface area contributed by atoms with Gasteiger partial charge in [0.15, 0.2) is 12.2 Å². The Bertz CT molecular complexity index is 1940. The zero-order valence-electron chi connectivity index (χ0n) is 65.7. The Hall–Kier alpha value is -1.94. The predicted octanol–water partition coefficient (Wildman–Crippen LogP) is 24.1. The summed E-state index contributed by atoms with van der Waals surface area (Å²) in [5, 5.41) is 10.6. The number of phosphoric acid groups is 2. The molecule has 0 heterocycles. The molecule has 0 bridgehead atoms. The van der Waals surface area contributed by atoms with E-state index in [1.165, 1.54) is 225 Å². The molecule has 0 amide bonds. The molecule has 0 aromatic carbocycles. The fourth-order valence-corrected chi connectivity index (χ4v) is 14.0. The van der Waals surface area contributed by atoms with Crippen molar-refractivity contribution in [1.29, 1.82) is 0 Å². The topological polar surface area (TPSA) is 237 Å². The Morgan fingerprint density at radius 1 is 0.290 bits per heavy atom. The molecule has 0 aliphatic rings. The van der Waals surface area contributed by atoms with Crippen molar-refractivity contribution in [2.24, 2.45) is 17.8 Å². The maximum atomic E-state index is 13.1. The lowest BCUT2D eigenvalue weighted by molar-refractivity contribution is -0.161. The molecule has 100 heavy (non-hydrogen) atoms. The van der Waals surface area contributed by atoms with E-state index in [9.17, 15) is 43.2 Å². The lowest BCUT2D eigenvalue weighted by Gasteiger charge is -2.21. The SMILES string of the molecule is CCCCCCCC(=O)OC[C@H](COP(=O)(O)OC[C@H](O)COP(=O)(O)OC[C@@H](COC(=O)CCCCCCCCCCCCCCCCCCCCC(C)C)OC(=O)CCCCCCCCCCCCCCCCCCCCC(C)CC)OC(=O)CCCCCCCCCCC(C)CC. The number of esters is 4. The highest BCUT2D eigenvalue weighted by molar-refractivity contribution is 7.47. The Morgan fingerprint density at radius 3 is 0.760 bits per heavy atom. The number of ether oxygens (including phenoxy) is 4. The first-order valence-electron chi connectivity index (χ1n) is 41.9. The van der Waals surface area contributed by atoms with Gasteiger partial charge in [0.2, 0.25) is 0 Å². The van der Waals surface area contributed by atoms with Gasteiger partial charge in [-0.15, -0.1) is 0 Å². The largest absolute Gasteiger partial charge is 0.472 e. The van der Waals surface area contributed by atoms with Crippen LogP contribution in [0.1, 0.15) is 421 Å². The molecule has 594 valence electrons. The molecule has 3 N–H and O–H groups in total. The van der Waals surface area contributed by atoms with Gasteiger partial charge in [-0.2, -0.15) is 0 Å². The van der Waals surface area contributed by atoms with E-state index in [4.69, 9.17) is 37.0 Å². The molecule has 17 nitrogen and oxygen atoms in total. The van der Waals surface area contributed by atoms with Crippen molar-refractivity contribution in [2.45, 2.75) is 439 Å². The first kappa shape index (κ1) is 98.1. The third-order valence-corrected chi connectivity index (χ3v) is 21.5. The van der Waals surface area contributed by atoms with E-state index in [1.807, 2.05) is 0 Å². The van der Waals surface area contributed by atoms with E-state index in [2.05, 4.69) is 48.5 Å². The second-order valence-electron chi connectivity index (χ2n) is 30.1. The van der Waals surface area contributed by atoms with Crippen LogP contribution < -0.4 is 0 Å². The standard InChI is InChI=1S/C81H158O17P2/c1-8-11-12-45-55-62-78(83)91-68-76(97-81(86)65-58-51-44-38-37-41-48-54-61-74(7)10-3)70-95-99(87,88)93-66-75(82)67-94-100(89,90)96-71-77(69-92-79(84)63-56-49-42-35-31-27-23-19-15-13-17-21-25-29-33-39-46-52-59-72(4)5)98-80(85)64-57-50-43-36-32-28-24-20-16-14-18-22-26-30-34-40-47-53-60-73(6)9-2/h72-77,82H,8-71H2,1-7H3,(H,87,88)(H,89,90)/t73?,74?,75-,76+,77+/m0/s1. The van der Waals surface area contributed by atoms with Crippen LogP contribution in [0.4, 0.5) is 0 Å². The number of unbranched alkanes of at least 4 members (excludes halogenated alkanes) is 45. The minimum absolute atomic E-state index is 0.104. The molecule has 0 rings (SSSR count). The van der Waals surface area contributed by atoms with Gasteiger partial charge in [-0.1, -0.05) is 370 Å². The molecule has 0 fully saturated rings. The third kappa shape index (κ3) is 71.7. The van der Waals surface area contributed by atoms with Gasteiger partial charge in [0.1, 0.15) is 19.3 Å². The quantitative estimate of drug-likeness (QED) is 0.0222. The van der Waals surface area contributed by atoms with Crippen LogP contribution in [0.2, 0.25) is 0 Å². The van der Waals surface area contributed by atoms with Crippen molar-refractivity contribution in [3.05, 3.63) is 0 Å². The van der Waals surface area contributed by atoms with Crippen LogP contribution in [0, 0.1) is 17.8 Å². The molecule has 0 aliphatic heterocycles. The average molecular weight is 1470 g/mol. The van der Waals surface area contributed by atoms with Crippen LogP contribution >= 0.6 is 15.6 Å². The van der Waals surface area contributed by atoms with E-state index < -0.39 is 97.5 Å². The fraction of sp³-hybridized carbons (Fsp3) is 0.951. The number of rotatable bonds is 79. The molecule has 0 spiro atoms. The highest BCUT2D eigenvalue weighted by atomic mass is 31.2. The fourth-order valence-electron chi connectivity index (χ4n) is 12.4. The van der Waals surface area contributed by atoms with Crippen molar-refractivity contribution >= 4 is 39.5 Å². The summed E-state index contributed by atoms with van der Waals surface area (Å²) in [7, 11) is -9.91. The van der Waals surface area contributed by atoms with Gasteiger partial charge in [-0.25, -0.2) is 9.13 Å². The summed E-state index contributed by atoms with van der Waals surface area (Å²) in [5.74, 6) is 0.339.